The van der Waals surface area contributed by atoms with Crippen molar-refractivity contribution in [2.45, 2.75) is 24.6 Å². The first-order chi connectivity index (χ1) is 7.56. The van der Waals surface area contributed by atoms with Crippen LogP contribution in [0, 0.1) is 0 Å². The number of hydrogen-bond acceptors (Lipinski definition) is 5. The van der Waals surface area contributed by atoms with Gasteiger partial charge in [0.15, 0.2) is 0 Å². The van der Waals surface area contributed by atoms with Gasteiger partial charge in [-0.1, -0.05) is 6.92 Å². The summed E-state index contributed by atoms with van der Waals surface area (Å²) in [6, 6.07) is 0. The second-order valence-electron chi connectivity index (χ2n) is 3.13. The molecule has 7 heteroatoms. The molecular formula is C9H20O5SSi. The Morgan fingerprint density at radius 1 is 1.31 bits per heavy atom. The van der Waals surface area contributed by atoms with Crippen LogP contribution in [0.1, 0.15) is 19.8 Å². The third kappa shape index (κ3) is 4.42. The molecule has 0 saturated heterocycles. The molecule has 0 aromatic heterocycles. The van der Waals surface area contributed by atoms with Gasteiger partial charge in [0.1, 0.15) is 0 Å². The van der Waals surface area contributed by atoms with Gasteiger partial charge in [-0.15, -0.1) is 0 Å². The highest BCUT2D eigenvalue weighted by molar-refractivity contribution is 8.01. The molecule has 0 aliphatic carbocycles. The second kappa shape index (κ2) is 8.07. The van der Waals surface area contributed by atoms with E-state index in [0.29, 0.717) is 5.75 Å². The van der Waals surface area contributed by atoms with Gasteiger partial charge in [0, 0.05) is 27.1 Å². The third-order valence-electron chi connectivity index (χ3n) is 2.25. The zero-order chi connectivity index (χ0) is 12.6. The van der Waals surface area contributed by atoms with Crippen molar-refractivity contribution in [1.29, 1.82) is 0 Å². The number of rotatable bonds is 9. The van der Waals surface area contributed by atoms with Crippen LogP contribution in [0.2, 0.25) is 0 Å². The SMILES string of the molecule is CCC(SCCC(=O)O)[Si](OC)(OC)OC. The fourth-order valence-electron chi connectivity index (χ4n) is 1.40. The Morgan fingerprint density at radius 2 is 1.81 bits per heavy atom. The molecule has 0 aromatic rings. The Hall–Kier alpha value is -0.0831. The lowest BCUT2D eigenvalue weighted by atomic mass is 10.5. The molecule has 0 radical (unpaired) electrons. The van der Waals surface area contributed by atoms with Crippen LogP contribution < -0.4 is 0 Å². The van der Waals surface area contributed by atoms with E-state index in [9.17, 15) is 4.79 Å². The number of aliphatic carboxylic acids is 1. The maximum absolute atomic E-state index is 10.4. The Kier molecular flexibility index (Phi) is 8.03. The third-order valence-corrected chi connectivity index (χ3v) is 7.70. The summed E-state index contributed by atoms with van der Waals surface area (Å²) in [5.41, 5.74) is 0. The molecule has 96 valence electrons. The largest absolute Gasteiger partial charge is 0.513 e. The highest BCUT2D eigenvalue weighted by Crippen LogP contribution is 2.27. The first kappa shape index (κ1) is 15.9. The Morgan fingerprint density at radius 3 is 2.12 bits per heavy atom. The van der Waals surface area contributed by atoms with Gasteiger partial charge in [-0.2, -0.15) is 11.8 Å². The summed E-state index contributed by atoms with van der Waals surface area (Å²) in [4.78, 5) is 10.5. The minimum atomic E-state index is -2.65. The molecule has 5 nitrogen and oxygen atoms in total. The summed E-state index contributed by atoms with van der Waals surface area (Å²) in [7, 11) is 2.06. The van der Waals surface area contributed by atoms with E-state index in [4.69, 9.17) is 18.4 Å². The average Bonchev–Trinajstić information content (AvgIpc) is 2.29. The van der Waals surface area contributed by atoms with Crippen LogP contribution in [-0.2, 0) is 18.1 Å². The molecule has 0 fully saturated rings. The lowest BCUT2D eigenvalue weighted by Gasteiger charge is -2.31. The molecule has 0 aromatic carbocycles. The summed E-state index contributed by atoms with van der Waals surface area (Å²) in [6.07, 6.45) is 0.967. The Balaban J connectivity index is 4.37. The quantitative estimate of drug-likeness (QED) is 0.638. The average molecular weight is 268 g/mol. The number of hydrogen-bond donors (Lipinski definition) is 1. The zero-order valence-corrected chi connectivity index (χ0v) is 12.0. The van der Waals surface area contributed by atoms with Crippen molar-refractivity contribution in [1.82, 2.24) is 0 Å². The normalized spacial score (nSPS) is 13.8. The van der Waals surface area contributed by atoms with Crippen molar-refractivity contribution >= 4 is 26.5 Å². The van der Waals surface area contributed by atoms with Gasteiger partial charge in [-0.25, -0.2) is 0 Å². The molecule has 0 rings (SSSR count). The summed E-state index contributed by atoms with van der Waals surface area (Å²) in [6.45, 7) is 2.01. The van der Waals surface area contributed by atoms with Crippen molar-refractivity contribution in [2.75, 3.05) is 27.1 Å². The molecule has 0 aliphatic rings. The molecule has 0 bridgehead atoms. The van der Waals surface area contributed by atoms with E-state index in [1.54, 1.807) is 21.3 Å². The van der Waals surface area contributed by atoms with E-state index in [1.165, 1.54) is 11.8 Å². The highest BCUT2D eigenvalue weighted by Gasteiger charge is 2.46. The molecule has 0 spiro atoms. The lowest BCUT2D eigenvalue weighted by molar-refractivity contribution is -0.136. The van der Waals surface area contributed by atoms with Crippen LogP contribution in [0.15, 0.2) is 0 Å². The van der Waals surface area contributed by atoms with E-state index in [1.807, 2.05) is 6.92 Å². The van der Waals surface area contributed by atoms with Crippen molar-refractivity contribution < 1.29 is 23.2 Å². The van der Waals surface area contributed by atoms with Gasteiger partial charge in [-0.05, 0) is 6.42 Å². The first-order valence-electron chi connectivity index (χ1n) is 5.05. The number of carboxylic acids is 1. The molecule has 16 heavy (non-hydrogen) atoms. The number of carboxylic acid groups (broad SMARTS) is 1. The van der Waals surface area contributed by atoms with Crippen molar-refractivity contribution in [3.63, 3.8) is 0 Å². The fourth-order valence-corrected chi connectivity index (χ4v) is 6.04. The van der Waals surface area contributed by atoms with Crippen LogP contribution >= 0.6 is 11.8 Å². The van der Waals surface area contributed by atoms with Gasteiger partial charge >= 0.3 is 14.8 Å². The minimum Gasteiger partial charge on any atom is -0.481 e. The van der Waals surface area contributed by atoms with E-state index < -0.39 is 14.8 Å². The number of thioether (sulfide) groups is 1. The van der Waals surface area contributed by atoms with Gasteiger partial charge in [0.05, 0.1) is 11.3 Å². The van der Waals surface area contributed by atoms with Crippen LogP contribution in [0.5, 0.6) is 0 Å². The predicted molar refractivity (Wildman–Crippen MR) is 65.6 cm³/mol. The minimum absolute atomic E-state index is 0.0758. The van der Waals surface area contributed by atoms with Crippen molar-refractivity contribution in [3.05, 3.63) is 0 Å². The molecule has 0 amide bonds. The molecule has 0 aliphatic heterocycles. The molecule has 1 atom stereocenters. The summed E-state index contributed by atoms with van der Waals surface area (Å²) < 4.78 is 16.1. The van der Waals surface area contributed by atoms with E-state index in [-0.39, 0.29) is 11.3 Å². The topological polar surface area (TPSA) is 65.0 Å². The second-order valence-corrected chi connectivity index (χ2v) is 7.99. The van der Waals surface area contributed by atoms with Crippen molar-refractivity contribution in [3.8, 4) is 0 Å². The maximum atomic E-state index is 10.4. The van der Waals surface area contributed by atoms with Crippen molar-refractivity contribution in [2.24, 2.45) is 0 Å². The molecule has 0 saturated carbocycles. The summed E-state index contributed by atoms with van der Waals surface area (Å²) in [5.74, 6) is -0.250. The van der Waals surface area contributed by atoms with Crippen LogP contribution in [0.25, 0.3) is 0 Å². The van der Waals surface area contributed by atoms with Crippen LogP contribution in [0.3, 0.4) is 0 Å². The smallest absolute Gasteiger partial charge is 0.481 e. The van der Waals surface area contributed by atoms with Gasteiger partial charge in [0.25, 0.3) is 0 Å². The molecule has 0 heterocycles. The molecule has 1 N–H and O–H groups in total. The zero-order valence-electron chi connectivity index (χ0n) is 10.2. The standard InChI is InChI=1S/C9H20O5SSi/c1-5-9(15-7-6-8(10)11)16(12-2,13-3)14-4/h9H,5-7H2,1-4H3,(H,10,11). The van der Waals surface area contributed by atoms with Gasteiger partial charge in [0.2, 0.25) is 0 Å². The van der Waals surface area contributed by atoms with Gasteiger partial charge < -0.3 is 18.4 Å². The molecular weight excluding hydrogens is 248 g/mol. The fraction of sp³-hybridized carbons (Fsp3) is 0.889. The maximum Gasteiger partial charge on any atom is 0.513 e. The Labute approximate surface area is 102 Å². The highest BCUT2D eigenvalue weighted by atomic mass is 32.2. The first-order valence-corrected chi connectivity index (χ1v) is 7.90. The lowest BCUT2D eigenvalue weighted by Crippen LogP contribution is -2.52. The Bertz CT molecular complexity index is 202. The van der Waals surface area contributed by atoms with E-state index >= 15 is 0 Å². The predicted octanol–water partition coefficient (Wildman–Crippen LogP) is 1.39. The van der Waals surface area contributed by atoms with Gasteiger partial charge in [-0.3, -0.25) is 4.79 Å². The van der Waals surface area contributed by atoms with E-state index in [2.05, 4.69) is 0 Å². The van der Waals surface area contributed by atoms with Crippen LogP contribution in [-0.4, -0.2) is 51.8 Å². The van der Waals surface area contributed by atoms with Crippen LogP contribution in [0.4, 0.5) is 0 Å². The summed E-state index contributed by atoms with van der Waals surface area (Å²) in [5, 5.41) is 8.58. The molecule has 1 unspecified atom stereocenters. The van der Waals surface area contributed by atoms with E-state index in [0.717, 1.165) is 6.42 Å². The number of carbonyl (C=O) groups is 1. The monoisotopic (exact) mass is 268 g/mol. The summed E-state index contributed by atoms with van der Waals surface area (Å²) >= 11 is 1.54.